The standard InChI is InChI=1S/C29H24N4O4S2/c1-18-16-20(17-27-28(34)31-29(39-27)30-21-4-10-24(37-3)11-5-21)19(2)32(18)22-6-12-25(13-7-22)38-26-14-8-23(9-15-26)33(35)36/h4-17H,1-3H3,(H,30,31,34)/b27-17+. The Morgan fingerprint density at radius 1 is 1.00 bits per heavy atom. The Bertz CT molecular complexity index is 1610. The molecule has 1 amide bonds. The molecule has 2 heterocycles. The summed E-state index contributed by atoms with van der Waals surface area (Å²) in [7, 11) is 1.61. The van der Waals surface area contributed by atoms with E-state index in [2.05, 4.69) is 20.9 Å². The maximum atomic E-state index is 12.6. The van der Waals surface area contributed by atoms with Gasteiger partial charge in [-0.25, -0.2) is 4.99 Å². The van der Waals surface area contributed by atoms with Gasteiger partial charge in [0.2, 0.25) is 0 Å². The summed E-state index contributed by atoms with van der Waals surface area (Å²) in [6, 6.07) is 24.1. The van der Waals surface area contributed by atoms with Gasteiger partial charge in [0.25, 0.3) is 11.6 Å². The van der Waals surface area contributed by atoms with Crippen LogP contribution in [0.5, 0.6) is 5.75 Å². The molecule has 0 atom stereocenters. The maximum Gasteiger partial charge on any atom is 0.269 e. The number of amides is 1. The van der Waals surface area contributed by atoms with Crippen molar-refractivity contribution in [2.24, 2.45) is 4.99 Å². The predicted octanol–water partition coefficient (Wildman–Crippen LogP) is 7.05. The quantitative estimate of drug-likeness (QED) is 0.149. The zero-order valence-electron chi connectivity index (χ0n) is 21.4. The van der Waals surface area contributed by atoms with Crippen LogP contribution in [0.15, 0.2) is 98.6 Å². The summed E-state index contributed by atoms with van der Waals surface area (Å²) in [5, 5.41) is 14.2. The molecule has 0 spiro atoms. The highest BCUT2D eigenvalue weighted by Crippen LogP contribution is 2.33. The largest absolute Gasteiger partial charge is 0.497 e. The Hall–Kier alpha value is -4.28. The molecule has 196 valence electrons. The van der Waals surface area contributed by atoms with Gasteiger partial charge in [-0.3, -0.25) is 14.9 Å². The number of benzene rings is 3. The summed E-state index contributed by atoms with van der Waals surface area (Å²) in [5.41, 5.74) is 4.84. The predicted molar refractivity (Wildman–Crippen MR) is 156 cm³/mol. The van der Waals surface area contributed by atoms with Crippen molar-refractivity contribution in [1.82, 2.24) is 9.88 Å². The number of carbonyl (C=O) groups is 1. The van der Waals surface area contributed by atoms with E-state index in [0.29, 0.717) is 10.1 Å². The molecule has 1 fully saturated rings. The highest BCUT2D eigenvalue weighted by Gasteiger charge is 2.24. The highest BCUT2D eigenvalue weighted by molar-refractivity contribution is 8.18. The normalized spacial score (nSPS) is 15.1. The molecular formula is C29H24N4O4S2. The fourth-order valence-corrected chi connectivity index (χ4v) is 5.81. The van der Waals surface area contributed by atoms with E-state index in [1.807, 2.05) is 68.5 Å². The zero-order valence-corrected chi connectivity index (χ0v) is 23.0. The lowest BCUT2D eigenvalue weighted by molar-refractivity contribution is -0.384. The molecule has 1 N–H and O–H groups in total. The third-order valence-corrected chi connectivity index (χ3v) is 8.01. The number of thioether (sulfide) groups is 1. The van der Waals surface area contributed by atoms with Crippen molar-refractivity contribution < 1.29 is 14.5 Å². The lowest BCUT2D eigenvalue weighted by atomic mass is 10.2. The molecule has 0 aliphatic carbocycles. The summed E-state index contributed by atoms with van der Waals surface area (Å²) in [6.45, 7) is 4.07. The van der Waals surface area contributed by atoms with Gasteiger partial charge in [0.05, 0.1) is 22.6 Å². The number of amidine groups is 1. The summed E-state index contributed by atoms with van der Waals surface area (Å²) in [4.78, 5) is 30.2. The van der Waals surface area contributed by atoms with Crippen molar-refractivity contribution in [2.45, 2.75) is 23.6 Å². The van der Waals surface area contributed by atoms with E-state index in [4.69, 9.17) is 4.74 Å². The second-order valence-electron chi connectivity index (χ2n) is 8.69. The smallest absolute Gasteiger partial charge is 0.269 e. The first-order chi connectivity index (χ1) is 18.8. The van der Waals surface area contributed by atoms with Crippen LogP contribution in [0.1, 0.15) is 17.0 Å². The second-order valence-corrected chi connectivity index (χ2v) is 10.9. The molecule has 39 heavy (non-hydrogen) atoms. The Morgan fingerprint density at radius 2 is 1.64 bits per heavy atom. The number of ether oxygens (including phenoxy) is 1. The lowest BCUT2D eigenvalue weighted by Gasteiger charge is -2.11. The number of aliphatic imine (C=N–C) groups is 1. The van der Waals surface area contributed by atoms with E-state index < -0.39 is 4.92 Å². The van der Waals surface area contributed by atoms with Crippen molar-refractivity contribution in [3.05, 3.63) is 111 Å². The molecule has 8 nitrogen and oxygen atoms in total. The van der Waals surface area contributed by atoms with Crippen LogP contribution in [0.2, 0.25) is 0 Å². The molecule has 0 unspecified atom stereocenters. The van der Waals surface area contributed by atoms with E-state index in [0.717, 1.165) is 43.9 Å². The van der Waals surface area contributed by atoms with Crippen LogP contribution in [0, 0.1) is 24.0 Å². The van der Waals surface area contributed by atoms with E-state index in [-0.39, 0.29) is 11.6 Å². The number of non-ortho nitro benzene ring substituents is 1. The number of nitro groups is 1. The van der Waals surface area contributed by atoms with Gasteiger partial charge in [-0.05, 0) is 104 Å². The molecule has 1 aliphatic heterocycles. The van der Waals surface area contributed by atoms with Gasteiger partial charge >= 0.3 is 0 Å². The number of methoxy groups -OCH3 is 1. The molecule has 3 aromatic carbocycles. The van der Waals surface area contributed by atoms with Crippen LogP contribution >= 0.6 is 23.5 Å². The minimum atomic E-state index is -0.401. The number of rotatable bonds is 7. The summed E-state index contributed by atoms with van der Waals surface area (Å²) < 4.78 is 7.33. The molecule has 1 aliphatic rings. The summed E-state index contributed by atoms with van der Waals surface area (Å²) in [5.74, 6) is 0.570. The van der Waals surface area contributed by atoms with Crippen LogP contribution < -0.4 is 10.1 Å². The molecule has 1 saturated heterocycles. The fraction of sp³-hybridized carbons (Fsp3) is 0.103. The first-order valence-electron chi connectivity index (χ1n) is 12.0. The van der Waals surface area contributed by atoms with Crippen molar-refractivity contribution in [2.75, 3.05) is 7.11 Å². The minimum Gasteiger partial charge on any atom is -0.497 e. The Kier molecular flexibility index (Phi) is 7.58. The number of carbonyl (C=O) groups excluding carboxylic acids is 1. The number of aromatic nitrogens is 1. The Labute approximate surface area is 234 Å². The summed E-state index contributed by atoms with van der Waals surface area (Å²) >= 11 is 2.86. The van der Waals surface area contributed by atoms with Crippen molar-refractivity contribution in [3.63, 3.8) is 0 Å². The molecule has 1 aromatic heterocycles. The van der Waals surface area contributed by atoms with Crippen molar-refractivity contribution in [3.8, 4) is 11.4 Å². The fourth-order valence-electron chi connectivity index (χ4n) is 4.16. The number of hydrogen-bond donors (Lipinski definition) is 1. The molecule has 0 bridgehead atoms. The van der Waals surface area contributed by atoms with Crippen molar-refractivity contribution in [1.29, 1.82) is 0 Å². The topological polar surface area (TPSA) is 98.8 Å². The number of hydrogen-bond acceptors (Lipinski definition) is 7. The van der Waals surface area contributed by atoms with Gasteiger partial charge in [-0.1, -0.05) is 11.8 Å². The SMILES string of the molecule is COc1ccc(N=C2NC(=O)/C(=C\c3cc(C)n(-c4ccc(Sc5ccc([N+](=O)[O-])cc5)cc4)c3C)S2)cc1. The van der Waals surface area contributed by atoms with E-state index in [1.54, 1.807) is 31.0 Å². The molecular weight excluding hydrogens is 532 g/mol. The van der Waals surface area contributed by atoms with Gasteiger partial charge in [-0.15, -0.1) is 0 Å². The van der Waals surface area contributed by atoms with E-state index in [1.165, 1.54) is 23.9 Å². The second kappa shape index (κ2) is 11.2. The van der Waals surface area contributed by atoms with E-state index >= 15 is 0 Å². The number of nitro benzene ring substituents is 1. The maximum absolute atomic E-state index is 12.6. The van der Waals surface area contributed by atoms with Gasteiger partial charge < -0.3 is 14.6 Å². The third-order valence-electron chi connectivity index (χ3n) is 6.09. The minimum absolute atomic E-state index is 0.0771. The number of nitrogens with one attached hydrogen (secondary N) is 1. The van der Waals surface area contributed by atoms with Crippen LogP contribution in [0.3, 0.4) is 0 Å². The summed E-state index contributed by atoms with van der Waals surface area (Å²) in [6.07, 6.45) is 1.90. The van der Waals surface area contributed by atoms with Crippen LogP contribution in [-0.4, -0.2) is 27.7 Å². The Balaban J connectivity index is 1.32. The third kappa shape index (κ3) is 5.92. The highest BCUT2D eigenvalue weighted by atomic mass is 32.2. The monoisotopic (exact) mass is 556 g/mol. The average molecular weight is 557 g/mol. The van der Waals surface area contributed by atoms with Gasteiger partial charge in [-0.2, -0.15) is 0 Å². The van der Waals surface area contributed by atoms with Crippen LogP contribution in [-0.2, 0) is 4.79 Å². The molecule has 0 radical (unpaired) electrons. The van der Waals surface area contributed by atoms with Crippen molar-refractivity contribution >= 4 is 52.0 Å². The first kappa shape index (κ1) is 26.3. The van der Waals surface area contributed by atoms with E-state index in [9.17, 15) is 14.9 Å². The zero-order chi connectivity index (χ0) is 27.5. The van der Waals surface area contributed by atoms with Crippen LogP contribution in [0.25, 0.3) is 11.8 Å². The molecule has 4 aromatic rings. The molecule has 5 rings (SSSR count). The molecule has 10 heteroatoms. The Morgan fingerprint density at radius 3 is 2.26 bits per heavy atom. The first-order valence-corrected chi connectivity index (χ1v) is 13.6. The average Bonchev–Trinajstić information content (AvgIpc) is 3.42. The number of aryl methyl sites for hydroxylation is 1. The van der Waals surface area contributed by atoms with Crippen LogP contribution in [0.4, 0.5) is 11.4 Å². The van der Waals surface area contributed by atoms with Gasteiger partial charge in [0.15, 0.2) is 5.17 Å². The van der Waals surface area contributed by atoms with Gasteiger partial charge in [0.1, 0.15) is 5.75 Å². The lowest BCUT2D eigenvalue weighted by Crippen LogP contribution is -2.19. The number of nitrogens with zero attached hydrogens (tertiary/aromatic N) is 3. The van der Waals surface area contributed by atoms with Gasteiger partial charge in [0, 0.05) is 39.0 Å². The molecule has 0 saturated carbocycles.